The van der Waals surface area contributed by atoms with Crippen LogP contribution in [0.2, 0.25) is 0 Å². The molecule has 11 nitrogen and oxygen atoms in total. The Labute approximate surface area is 255 Å². The van der Waals surface area contributed by atoms with Gasteiger partial charge < -0.3 is 30.5 Å². The van der Waals surface area contributed by atoms with Crippen LogP contribution in [0.5, 0.6) is 5.88 Å². The zero-order valence-electron chi connectivity index (χ0n) is 25.6. The number of carboxylic acid groups (broad SMARTS) is 1. The summed E-state index contributed by atoms with van der Waals surface area (Å²) >= 11 is -1.53. The number of nitrogens with zero attached hydrogens (tertiary/aromatic N) is 4. The van der Waals surface area contributed by atoms with Crippen molar-refractivity contribution >= 4 is 28.7 Å². The zero-order valence-corrected chi connectivity index (χ0v) is 26.4. The molecule has 1 fully saturated rings. The molecule has 3 aromatic rings. The summed E-state index contributed by atoms with van der Waals surface area (Å²) in [7, 11) is 0. The first-order chi connectivity index (χ1) is 20.3. The summed E-state index contributed by atoms with van der Waals surface area (Å²) in [5.74, 6) is 4.98. The number of nitrogens with two attached hydrogens (primary N) is 2. The Bertz CT molecular complexity index is 1540. The number of hydrogen-bond acceptors (Lipinski definition) is 10. The van der Waals surface area contributed by atoms with Gasteiger partial charge in [-0.25, -0.2) is 10.8 Å². The standard InChI is InChI=1S/C31H41N7O4S/c1-7-38(33)24-9-8-22(20(4)27(24)32)26(30(5,6)29(39)40)23-11-21(19(3)13-35-23)14-37-17-31(15-34-16-31)42-28-25(43(37)41)10-18(2)12-36-28/h8-13,26,34H,7,14-17,32-33H2,1-6H3,(H,39,40). The van der Waals surface area contributed by atoms with Crippen molar-refractivity contribution < 1.29 is 19.2 Å². The lowest BCUT2D eigenvalue weighted by molar-refractivity contribution is -0.147. The van der Waals surface area contributed by atoms with Crippen molar-refractivity contribution in [3.8, 4) is 5.88 Å². The molecule has 0 bridgehead atoms. The number of hydrogen-bond donors (Lipinski definition) is 4. The number of anilines is 2. The number of ether oxygens (including phenoxy) is 1. The van der Waals surface area contributed by atoms with Crippen LogP contribution in [0.4, 0.5) is 11.4 Å². The van der Waals surface area contributed by atoms with Crippen LogP contribution in [0.15, 0.2) is 41.6 Å². The van der Waals surface area contributed by atoms with E-state index in [1.54, 1.807) is 31.3 Å². The number of carbonyl (C=O) groups is 1. The molecule has 230 valence electrons. The molecule has 1 spiro atoms. The number of pyridine rings is 2. The van der Waals surface area contributed by atoms with Gasteiger partial charge in [0.15, 0.2) is 5.60 Å². The summed E-state index contributed by atoms with van der Waals surface area (Å²) in [6.45, 7) is 13.7. The van der Waals surface area contributed by atoms with E-state index >= 15 is 0 Å². The molecule has 1 aromatic carbocycles. The highest BCUT2D eigenvalue weighted by Crippen LogP contribution is 2.45. The van der Waals surface area contributed by atoms with Gasteiger partial charge in [0.2, 0.25) is 4.90 Å². The molecule has 0 amide bonds. The normalized spacial score (nSPS) is 18.7. The van der Waals surface area contributed by atoms with Gasteiger partial charge in [-0.1, -0.05) is 6.07 Å². The Hall–Kier alpha value is -3.42. The second-order valence-corrected chi connectivity index (χ2v) is 13.7. The molecule has 2 atom stereocenters. The fraction of sp³-hybridized carbons (Fsp3) is 0.452. The Balaban J connectivity index is 1.57. The van der Waals surface area contributed by atoms with Crippen molar-refractivity contribution in [3.63, 3.8) is 0 Å². The second-order valence-electron chi connectivity index (χ2n) is 12.2. The number of aryl methyl sites for hydroxylation is 2. The Morgan fingerprint density at radius 1 is 1.26 bits per heavy atom. The van der Waals surface area contributed by atoms with Gasteiger partial charge >= 0.3 is 5.97 Å². The molecule has 0 aliphatic carbocycles. The summed E-state index contributed by atoms with van der Waals surface area (Å²) in [5, 5.41) is 15.2. The third-order valence-corrected chi connectivity index (χ3v) is 10.1. The molecule has 2 aliphatic rings. The van der Waals surface area contributed by atoms with E-state index in [0.717, 1.165) is 27.8 Å². The lowest BCUT2D eigenvalue weighted by Gasteiger charge is -2.42. The van der Waals surface area contributed by atoms with Gasteiger partial charge in [-0.3, -0.25) is 9.78 Å². The second kappa shape index (κ2) is 11.6. The Morgan fingerprint density at radius 2 is 1.98 bits per heavy atom. The largest absolute Gasteiger partial charge is 0.593 e. The Morgan fingerprint density at radius 3 is 2.60 bits per heavy atom. The lowest BCUT2D eigenvalue weighted by Crippen LogP contribution is -2.67. The number of fused-ring (bicyclic) bond motifs is 1. The van der Waals surface area contributed by atoms with Crippen LogP contribution < -0.4 is 26.6 Å². The highest BCUT2D eigenvalue weighted by molar-refractivity contribution is 7.89. The molecule has 0 radical (unpaired) electrons. The number of rotatable bonds is 8. The molecule has 6 N–H and O–H groups in total. The minimum Gasteiger partial charge on any atom is -0.593 e. The van der Waals surface area contributed by atoms with Crippen LogP contribution in [0.1, 0.15) is 60.2 Å². The molecule has 4 heterocycles. The summed E-state index contributed by atoms with van der Waals surface area (Å²) in [6.07, 6.45) is 3.49. The van der Waals surface area contributed by atoms with Crippen LogP contribution in [0, 0.1) is 26.2 Å². The monoisotopic (exact) mass is 607 g/mol. The summed E-state index contributed by atoms with van der Waals surface area (Å²) in [4.78, 5) is 22.4. The van der Waals surface area contributed by atoms with E-state index < -0.39 is 34.3 Å². The Kier molecular flexibility index (Phi) is 8.36. The van der Waals surface area contributed by atoms with Crippen molar-refractivity contribution in [2.75, 3.05) is 36.9 Å². The first kappa shape index (κ1) is 31.0. The third kappa shape index (κ3) is 5.65. The van der Waals surface area contributed by atoms with Gasteiger partial charge in [0.05, 0.1) is 41.2 Å². The first-order valence-corrected chi connectivity index (χ1v) is 15.5. The van der Waals surface area contributed by atoms with Crippen LogP contribution in [-0.4, -0.2) is 61.7 Å². The number of hydrazine groups is 1. The maximum absolute atomic E-state index is 14.0. The van der Waals surface area contributed by atoms with Gasteiger partial charge in [0.25, 0.3) is 5.88 Å². The number of nitrogens with one attached hydrogen (secondary N) is 1. The zero-order chi connectivity index (χ0) is 31.3. The maximum atomic E-state index is 14.0. The molecule has 5 rings (SSSR count). The summed E-state index contributed by atoms with van der Waals surface area (Å²) < 4.78 is 22.2. The number of benzene rings is 1. The summed E-state index contributed by atoms with van der Waals surface area (Å²) in [5.41, 5.74) is 10.8. The number of aliphatic carboxylic acids is 1. The van der Waals surface area contributed by atoms with E-state index in [0.29, 0.717) is 60.6 Å². The topological polar surface area (TPSA) is 166 Å². The predicted molar refractivity (Wildman–Crippen MR) is 167 cm³/mol. The minimum absolute atomic E-state index is 0.353. The fourth-order valence-electron chi connectivity index (χ4n) is 5.80. The third-order valence-electron chi connectivity index (χ3n) is 8.70. The highest BCUT2D eigenvalue weighted by atomic mass is 32.2. The number of aromatic nitrogens is 2. The van der Waals surface area contributed by atoms with Gasteiger partial charge in [-0.05, 0) is 81.5 Å². The number of carboxylic acids is 1. The van der Waals surface area contributed by atoms with E-state index in [1.165, 1.54) is 0 Å². The minimum atomic E-state index is -1.53. The predicted octanol–water partition coefficient (Wildman–Crippen LogP) is 3.19. The van der Waals surface area contributed by atoms with Crippen molar-refractivity contribution in [2.45, 2.75) is 64.5 Å². The molecule has 0 saturated carbocycles. The van der Waals surface area contributed by atoms with Crippen molar-refractivity contribution in [1.82, 2.24) is 19.6 Å². The van der Waals surface area contributed by atoms with Crippen molar-refractivity contribution in [3.05, 3.63) is 70.2 Å². The summed E-state index contributed by atoms with van der Waals surface area (Å²) in [6, 6.07) is 7.54. The van der Waals surface area contributed by atoms with E-state index in [-0.39, 0.29) is 0 Å². The SMILES string of the molecule is CCN(N)c1ccc(C(c2cc(CN3CC4(CNC4)Oc4ncc(C)cc4[S+]3[O-])c(C)cn2)C(C)(C)C(=O)O)c(C)c1N. The maximum Gasteiger partial charge on any atom is 0.310 e. The lowest BCUT2D eigenvalue weighted by atomic mass is 9.71. The average molecular weight is 608 g/mol. The van der Waals surface area contributed by atoms with Gasteiger partial charge in [0.1, 0.15) is 0 Å². The van der Waals surface area contributed by atoms with Gasteiger partial charge in [0, 0.05) is 49.7 Å². The van der Waals surface area contributed by atoms with E-state index in [4.69, 9.17) is 21.3 Å². The molecule has 43 heavy (non-hydrogen) atoms. The van der Waals surface area contributed by atoms with E-state index in [2.05, 4.69) is 10.3 Å². The van der Waals surface area contributed by atoms with Crippen molar-refractivity contribution in [2.24, 2.45) is 11.3 Å². The van der Waals surface area contributed by atoms with Gasteiger partial charge in [-0.15, -0.1) is 4.31 Å². The van der Waals surface area contributed by atoms with Crippen LogP contribution >= 0.6 is 0 Å². The van der Waals surface area contributed by atoms with Crippen molar-refractivity contribution in [1.29, 1.82) is 0 Å². The molecular weight excluding hydrogens is 566 g/mol. The smallest absolute Gasteiger partial charge is 0.310 e. The molecular formula is C31H41N7O4S. The highest BCUT2D eigenvalue weighted by Gasteiger charge is 2.49. The van der Waals surface area contributed by atoms with Crippen LogP contribution in [0.3, 0.4) is 0 Å². The van der Waals surface area contributed by atoms with Crippen LogP contribution in [0.25, 0.3) is 0 Å². The molecule has 2 aromatic heterocycles. The molecule has 2 aliphatic heterocycles. The fourth-order valence-corrected chi connectivity index (χ4v) is 7.22. The van der Waals surface area contributed by atoms with E-state index in [1.807, 2.05) is 56.3 Å². The molecule has 1 saturated heterocycles. The van der Waals surface area contributed by atoms with Gasteiger partial charge in [-0.2, -0.15) is 0 Å². The average Bonchev–Trinajstić information content (AvgIpc) is 3.07. The van der Waals surface area contributed by atoms with E-state index in [9.17, 15) is 14.5 Å². The number of nitrogen functional groups attached to an aromatic ring is 1. The molecule has 2 unspecified atom stereocenters. The first-order valence-electron chi connectivity index (χ1n) is 14.4. The quantitative estimate of drug-likeness (QED) is 0.129. The molecule has 12 heteroatoms. The van der Waals surface area contributed by atoms with Crippen LogP contribution in [-0.2, 0) is 22.7 Å².